The molecule has 1 unspecified atom stereocenters. The summed E-state index contributed by atoms with van der Waals surface area (Å²) in [6.45, 7) is 2.58. The van der Waals surface area contributed by atoms with Gasteiger partial charge in [0.15, 0.2) is 5.11 Å². The van der Waals surface area contributed by atoms with E-state index in [1.165, 1.54) is 0 Å². The minimum Gasteiger partial charge on any atom is -0.362 e. The number of amides is 1. The summed E-state index contributed by atoms with van der Waals surface area (Å²) in [6, 6.07) is 13.3. The molecule has 25 heavy (non-hydrogen) atoms. The van der Waals surface area contributed by atoms with Crippen molar-refractivity contribution in [3.63, 3.8) is 0 Å². The molecule has 1 amide bonds. The largest absolute Gasteiger partial charge is 0.362 e. The number of anilines is 1. The number of thiocarbonyl (C=S) groups is 1. The molecule has 0 saturated heterocycles. The van der Waals surface area contributed by atoms with Crippen LogP contribution in [-0.4, -0.2) is 17.6 Å². The van der Waals surface area contributed by atoms with Crippen molar-refractivity contribution >= 4 is 46.6 Å². The molecular formula is C19H18ClN3OS. The summed E-state index contributed by atoms with van der Waals surface area (Å²) in [7, 11) is 0. The number of nitrogens with zero attached hydrogens (tertiary/aromatic N) is 1. The Morgan fingerprint density at radius 1 is 1.24 bits per heavy atom. The van der Waals surface area contributed by atoms with Gasteiger partial charge in [-0.2, -0.15) is 0 Å². The SMILES string of the molecule is Cc1ccc2c(c1)=NC(=O)C(CCNC(=S)Nc1ccc(Cl)cc1)C=2. The van der Waals surface area contributed by atoms with Crippen molar-refractivity contribution in [3.8, 4) is 0 Å². The van der Waals surface area contributed by atoms with E-state index in [1.807, 2.05) is 43.3 Å². The van der Waals surface area contributed by atoms with E-state index in [4.69, 9.17) is 23.8 Å². The van der Waals surface area contributed by atoms with Crippen LogP contribution in [0.15, 0.2) is 47.5 Å². The van der Waals surface area contributed by atoms with Gasteiger partial charge >= 0.3 is 0 Å². The standard InChI is InChI=1S/C19H18ClN3OS/c1-12-2-3-13-11-14(18(24)23-17(13)10-12)8-9-21-19(25)22-16-6-4-15(20)5-7-16/h2-7,10-11,14H,8-9H2,1H3,(H2,21,22,25). The Labute approximate surface area is 156 Å². The number of nitrogens with one attached hydrogen (secondary N) is 2. The van der Waals surface area contributed by atoms with Gasteiger partial charge < -0.3 is 10.6 Å². The highest BCUT2D eigenvalue weighted by Crippen LogP contribution is 2.13. The lowest BCUT2D eigenvalue weighted by molar-refractivity contribution is -0.120. The Bertz CT molecular complexity index is 925. The lowest BCUT2D eigenvalue weighted by atomic mass is 10.00. The molecule has 128 valence electrons. The predicted molar refractivity (Wildman–Crippen MR) is 105 cm³/mol. The zero-order valence-electron chi connectivity index (χ0n) is 13.8. The van der Waals surface area contributed by atoms with Gasteiger partial charge in [-0.25, -0.2) is 4.99 Å². The summed E-state index contributed by atoms with van der Waals surface area (Å²) in [6.07, 6.45) is 2.62. The Balaban J connectivity index is 1.55. The first-order valence-electron chi connectivity index (χ1n) is 8.03. The molecule has 1 aliphatic rings. The zero-order valence-corrected chi connectivity index (χ0v) is 15.3. The molecule has 1 atom stereocenters. The number of aryl methyl sites for hydroxylation is 1. The number of halogens is 1. The van der Waals surface area contributed by atoms with E-state index in [0.29, 0.717) is 23.1 Å². The van der Waals surface area contributed by atoms with Crippen LogP contribution in [0.3, 0.4) is 0 Å². The van der Waals surface area contributed by atoms with Gasteiger partial charge in [-0.1, -0.05) is 29.8 Å². The summed E-state index contributed by atoms with van der Waals surface area (Å²) in [5.74, 6) is -0.322. The summed E-state index contributed by atoms with van der Waals surface area (Å²) >= 11 is 11.1. The maximum Gasteiger partial charge on any atom is 0.253 e. The van der Waals surface area contributed by atoms with E-state index in [0.717, 1.165) is 21.8 Å². The number of benzene rings is 2. The summed E-state index contributed by atoms with van der Waals surface area (Å²) in [5.41, 5.74) is 1.96. The fourth-order valence-electron chi connectivity index (χ4n) is 2.64. The van der Waals surface area contributed by atoms with Crippen LogP contribution in [0.4, 0.5) is 5.69 Å². The number of fused-ring (bicyclic) bond motifs is 1. The number of carbonyl (C=O) groups is 1. The topological polar surface area (TPSA) is 53.5 Å². The van der Waals surface area contributed by atoms with Gasteiger partial charge in [0.25, 0.3) is 5.91 Å². The predicted octanol–water partition coefficient (Wildman–Crippen LogP) is 2.58. The maximum atomic E-state index is 12.2. The number of carbonyl (C=O) groups excluding carboxylic acids is 1. The van der Waals surface area contributed by atoms with Crippen LogP contribution in [0, 0.1) is 12.8 Å². The van der Waals surface area contributed by atoms with E-state index in [9.17, 15) is 4.79 Å². The quantitative estimate of drug-likeness (QED) is 0.811. The lowest BCUT2D eigenvalue weighted by Gasteiger charge is -2.14. The van der Waals surface area contributed by atoms with Crippen LogP contribution in [0.2, 0.25) is 5.02 Å². The fourth-order valence-corrected chi connectivity index (χ4v) is 2.98. The van der Waals surface area contributed by atoms with E-state index < -0.39 is 0 Å². The second-order valence-corrected chi connectivity index (χ2v) is 6.81. The molecule has 4 nitrogen and oxygen atoms in total. The van der Waals surface area contributed by atoms with Crippen molar-refractivity contribution in [2.75, 3.05) is 11.9 Å². The third-order valence-corrected chi connectivity index (χ3v) is 4.46. The molecule has 0 saturated carbocycles. The monoisotopic (exact) mass is 371 g/mol. The highest BCUT2D eigenvalue weighted by Gasteiger charge is 2.18. The fraction of sp³-hybridized carbons (Fsp3) is 0.211. The molecule has 1 aliphatic heterocycles. The van der Waals surface area contributed by atoms with Crippen molar-refractivity contribution < 1.29 is 4.79 Å². The molecule has 0 fully saturated rings. The normalized spacial score (nSPS) is 15.6. The van der Waals surface area contributed by atoms with Crippen LogP contribution in [-0.2, 0) is 4.79 Å². The molecule has 0 aliphatic carbocycles. The maximum absolute atomic E-state index is 12.2. The molecule has 0 aromatic heterocycles. The van der Waals surface area contributed by atoms with E-state index in [-0.39, 0.29) is 11.8 Å². The molecule has 1 heterocycles. The van der Waals surface area contributed by atoms with Crippen molar-refractivity contribution in [1.29, 1.82) is 0 Å². The number of rotatable bonds is 4. The highest BCUT2D eigenvalue weighted by atomic mass is 35.5. The summed E-state index contributed by atoms with van der Waals surface area (Å²) in [5, 5.41) is 9.16. The molecule has 0 radical (unpaired) electrons. The summed E-state index contributed by atoms with van der Waals surface area (Å²) < 4.78 is 0. The van der Waals surface area contributed by atoms with Gasteiger partial charge in [0.2, 0.25) is 0 Å². The third kappa shape index (κ3) is 4.65. The first-order valence-corrected chi connectivity index (χ1v) is 8.81. The molecule has 0 bridgehead atoms. The lowest BCUT2D eigenvalue weighted by Crippen LogP contribution is -2.36. The van der Waals surface area contributed by atoms with E-state index >= 15 is 0 Å². The first-order chi connectivity index (χ1) is 12.0. The molecule has 0 spiro atoms. The molecule has 2 aromatic carbocycles. The van der Waals surface area contributed by atoms with Crippen molar-refractivity contribution in [2.45, 2.75) is 13.3 Å². The molecule has 3 rings (SSSR count). The Hall–Kier alpha value is -2.24. The van der Waals surface area contributed by atoms with Gasteiger partial charge in [-0.15, -0.1) is 0 Å². The zero-order chi connectivity index (χ0) is 17.8. The second-order valence-electron chi connectivity index (χ2n) is 5.96. The Morgan fingerprint density at radius 2 is 2.00 bits per heavy atom. The number of hydrogen-bond donors (Lipinski definition) is 2. The minimum atomic E-state index is -0.221. The molecule has 2 aromatic rings. The molecular weight excluding hydrogens is 354 g/mol. The Morgan fingerprint density at radius 3 is 2.76 bits per heavy atom. The minimum absolute atomic E-state index is 0.100. The first kappa shape index (κ1) is 17.6. The van der Waals surface area contributed by atoms with Crippen LogP contribution < -0.4 is 21.2 Å². The number of hydrogen-bond acceptors (Lipinski definition) is 2. The van der Waals surface area contributed by atoms with Gasteiger partial charge in [0, 0.05) is 17.3 Å². The second kappa shape index (κ2) is 7.76. The van der Waals surface area contributed by atoms with Crippen LogP contribution in [0.25, 0.3) is 6.08 Å². The average Bonchev–Trinajstić information content (AvgIpc) is 2.57. The summed E-state index contributed by atoms with van der Waals surface area (Å²) in [4.78, 5) is 16.4. The van der Waals surface area contributed by atoms with Gasteiger partial charge in [0.1, 0.15) is 0 Å². The highest BCUT2D eigenvalue weighted by molar-refractivity contribution is 7.80. The van der Waals surface area contributed by atoms with Gasteiger partial charge in [-0.05, 0) is 66.7 Å². The third-order valence-electron chi connectivity index (χ3n) is 3.96. The van der Waals surface area contributed by atoms with Gasteiger partial charge in [-0.3, -0.25) is 4.79 Å². The van der Waals surface area contributed by atoms with Gasteiger partial charge in [0.05, 0.1) is 11.3 Å². The van der Waals surface area contributed by atoms with Crippen LogP contribution >= 0.6 is 23.8 Å². The average molecular weight is 372 g/mol. The van der Waals surface area contributed by atoms with E-state index in [1.54, 1.807) is 12.1 Å². The van der Waals surface area contributed by atoms with E-state index in [2.05, 4.69) is 15.6 Å². The van der Waals surface area contributed by atoms with Crippen molar-refractivity contribution in [2.24, 2.45) is 10.9 Å². The Kier molecular flexibility index (Phi) is 5.46. The van der Waals surface area contributed by atoms with Crippen LogP contribution in [0.1, 0.15) is 12.0 Å². The molecule has 2 N–H and O–H groups in total. The van der Waals surface area contributed by atoms with Crippen LogP contribution in [0.5, 0.6) is 0 Å². The molecule has 6 heteroatoms. The van der Waals surface area contributed by atoms with Crippen molar-refractivity contribution in [3.05, 3.63) is 63.6 Å². The van der Waals surface area contributed by atoms with Crippen molar-refractivity contribution in [1.82, 2.24) is 5.32 Å². The smallest absolute Gasteiger partial charge is 0.253 e.